The quantitative estimate of drug-likeness (QED) is 0.526. The second-order valence-corrected chi connectivity index (χ2v) is 2.67. The van der Waals surface area contributed by atoms with Crippen LogP contribution in [0.25, 0.3) is 0 Å². The first kappa shape index (κ1) is 7.17. The summed E-state index contributed by atoms with van der Waals surface area (Å²) >= 11 is 0. The van der Waals surface area contributed by atoms with Crippen LogP contribution in [0.3, 0.4) is 0 Å². The summed E-state index contributed by atoms with van der Waals surface area (Å²) in [5, 5.41) is 0. The lowest BCUT2D eigenvalue weighted by molar-refractivity contribution is 0.289. The van der Waals surface area contributed by atoms with Crippen molar-refractivity contribution in [2.45, 2.75) is 0 Å². The Balaban J connectivity index is 2.43. The van der Waals surface area contributed by atoms with Crippen LogP contribution in [0.15, 0.2) is 59.9 Å². The summed E-state index contributed by atoms with van der Waals surface area (Å²) in [6.45, 7) is 0.665. The van der Waals surface area contributed by atoms with E-state index in [-0.39, 0.29) is 0 Å². The van der Waals surface area contributed by atoms with Gasteiger partial charge in [-0.3, -0.25) is 0 Å². The molecule has 0 N–H and O–H groups in total. The van der Waals surface area contributed by atoms with Crippen molar-refractivity contribution in [3.63, 3.8) is 0 Å². The van der Waals surface area contributed by atoms with Crippen molar-refractivity contribution in [1.29, 1.82) is 0 Å². The Kier molecular flexibility index (Phi) is 1.95. The predicted molar refractivity (Wildman–Crippen MR) is 49.5 cm³/mol. The van der Waals surface area contributed by atoms with Gasteiger partial charge in [-0.05, 0) is 11.6 Å². The van der Waals surface area contributed by atoms with Gasteiger partial charge in [-0.25, -0.2) is 0 Å². The molecule has 0 saturated carbocycles. The van der Waals surface area contributed by atoms with E-state index in [4.69, 9.17) is 4.74 Å². The Morgan fingerprint density at radius 1 is 1.00 bits per heavy atom. The summed E-state index contributed by atoms with van der Waals surface area (Å²) in [6, 6.07) is 0. The van der Waals surface area contributed by atoms with Gasteiger partial charge in [0.25, 0.3) is 0 Å². The van der Waals surface area contributed by atoms with Crippen LogP contribution >= 0.6 is 0 Å². The molecule has 1 aliphatic carbocycles. The number of rotatable bonds is 0. The zero-order valence-electron chi connectivity index (χ0n) is 6.73. The number of allylic oxidation sites excluding steroid dienone is 8. The van der Waals surface area contributed by atoms with Gasteiger partial charge in [-0.15, -0.1) is 0 Å². The summed E-state index contributed by atoms with van der Waals surface area (Å²) < 4.78 is 5.25. The summed E-state index contributed by atoms with van der Waals surface area (Å²) in [5.74, 6) is 0. The molecule has 2 aliphatic rings. The molecular weight excluding hydrogens is 148 g/mol. The molecule has 60 valence electrons. The lowest BCUT2D eigenvalue weighted by Crippen LogP contribution is -1.81. The smallest absolute Gasteiger partial charge is 0.106 e. The van der Waals surface area contributed by atoms with Gasteiger partial charge in [0.1, 0.15) is 6.61 Å². The Morgan fingerprint density at radius 2 is 2.00 bits per heavy atom. The molecule has 0 bridgehead atoms. The lowest BCUT2D eigenvalue weighted by atomic mass is 10.1. The third kappa shape index (κ3) is 1.40. The second-order valence-electron chi connectivity index (χ2n) is 2.67. The standard InChI is InChI=1S/C11H10O/c1-2-5-10-7-4-8-12-9-11(10)6-3-1/h1-7,9H,8H2. The molecule has 1 aliphatic heterocycles. The van der Waals surface area contributed by atoms with Crippen molar-refractivity contribution in [1.82, 2.24) is 0 Å². The highest BCUT2D eigenvalue weighted by Gasteiger charge is 2.01. The second kappa shape index (κ2) is 3.26. The van der Waals surface area contributed by atoms with Crippen LogP contribution in [0.2, 0.25) is 0 Å². The highest BCUT2D eigenvalue weighted by Crippen LogP contribution is 2.18. The zero-order valence-corrected chi connectivity index (χ0v) is 6.73. The third-order valence-electron chi connectivity index (χ3n) is 1.81. The van der Waals surface area contributed by atoms with Gasteiger partial charge >= 0.3 is 0 Å². The number of hydrogen-bond acceptors (Lipinski definition) is 1. The molecule has 1 heteroatoms. The van der Waals surface area contributed by atoms with Gasteiger partial charge in [0.05, 0.1) is 6.26 Å². The van der Waals surface area contributed by atoms with Crippen molar-refractivity contribution >= 4 is 0 Å². The topological polar surface area (TPSA) is 9.23 Å². The van der Waals surface area contributed by atoms with E-state index in [0.29, 0.717) is 6.61 Å². The molecule has 0 amide bonds. The normalized spacial score (nSPS) is 20.0. The largest absolute Gasteiger partial charge is 0.496 e. The fraction of sp³-hybridized carbons (Fsp3) is 0.0909. The molecule has 0 fully saturated rings. The van der Waals surface area contributed by atoms with Gasteiger partial charge in [-0.1, -0.05) is 36.5 Å². The van der Waals surface area contributed by atoms with Crippen LogP contribution in [0.1, 0.15) is 0 Å². The van der Waals surface area contributed by atoms with E-state index in [9.17, 15) is 0 Å². The molecule has 2 rings (SSSR count). The van der Waals surface area contributed by atoms with Crippen LogP contribution in [-0.4, -0.2) is 6.61 Å². The maximum atomic E-state index is 5.25. The zero-order chi connectivity index (χ0) is 8.23. The third-order valence-corrected chi connectivity index (χ3v) is 1.81. The van der Waals surface area contributed by atoms with Crippen molar-refractivity contribution in [2.24, 2.45) is 0 Å². The maximum Gasteiger partial charge on any atom is 0.106 e. The fourth-order valence-corrected chi connectivity index (χ4v) is 1.20. The Bertz CT molecular complexity index is 314. The van der Waals surface area contributed by atoms with Crippen LogP contribution in [0.5, 0.6) is 0 Å². The molecule has 0 saturated heterocycles. The minimum absolute atomic E-state index is 0.665. The van der Waals surface area contributed by atoms with Gasteiger partial charge in [0.2, 0.25) is 0 Å². The summed E-state index contributed by atoms with van der Waals surface area (Å²) in [7, 11) is 0. The van der Waals surface area contributed by atoms with Crippen LogP contribution in [0, 0.1) is 0 Å². The minimum atomic E-state index is 0.665. The fourth-order valence-electron chi connectivity index (χ4n) is 1.20. The van der Waals surface area contributed by atoms with E-state index in [0.717, 1.165) is 5.57 Å². The lowest BCUT2D eigenvalue weighted by Gasteiger charge is -1.98. The van der Waals surface area contributed by atoms with Crippen LogP contribution < -0.4 is 0 Å². The van der Waals surface area contributed by atoms with Crippen molar-refractivity contribution < 1.29 is 4.74 Å². The number of ether oxygens (including phenoxy) is 1. The van der Waals surface area contributed by atoms with Crippen molar-refractivity contribution in [3.8, 4) is 0 Å². The molecule has 0 atom stereocenters. The molecule has 1 heterocycles. The molecule has 0 aromatic rings. The highest BCUT2D eigenvalue weighted by molar-refractivity contribution is 5.50. The first-order valence-electron chi connectivity index (χ1n) is 4.00. The molecule has 0 spiro atoms. The molecule has 1 nitrogen and oxygen atoms in total. The summed E-state index contributed by atoms with van der Waals surface area (Å²) in [6.07, 6.45) is 16.1. The van der Waals surface area contributed by atoms with Crippen molar-refractivity contribution in [3.05, 3.63) is 59.9 Å². The predicted octanol–water partition coefficient (Wildman–Crippen LogP) is 2.51. The SMILES string of the molecule is C1=CC=C2C=CCOC=C2C=C1. The Labute approximate surface area is 72.0 Å². The van der Waals surface area contributed by atoms with E-state index in [1.165, 1.54) is 5.57 Å². The van der Waals surface area contributed by atoms with Crippen LogP contribution in [-0.2, 0) is 4.74 Å². The number of fused-ring (bicyclic) bond motifs is 1. The minimum Gasteiger partial charge on any atom is -0.496 e. The molecule has 0 unspecified atom stereocenters. The van der Waals surface area contributed by atoms with Crippen molar-refractivity contribution in [2.75, 3.05) is 6.61 Å². The summed E-state index contributed by atoms with van der Waals surface area (Å²) in [4.78, 5) is 0. The average molecular weight is 158 g/mol. The van der Waals surface area contributed by atoms with Gasteiger partial charge in [-0.2, -0.15) is 0 Å². The van der Waals surface area contributed by atoms with E-state index in [2.05, 4.69) is 12.2 Å². The molecular formula is C11H10O. The Hall–Kier alpha value is -1.50. The molecule has 0 aromatic heterocycles. The maximum absolute atomic E-state index is 5.25. The van der Waals surface area contributed by atoms with E-state index in [1.54, 1.807) is 6.26 Å². The van der Waals surface area contributed by atoms with E-state index >= 15 is 0 Å². The average Bonchev–Trinajstić information content (AvgIpc) is 2.38. The monoisotopic (exact) mass is 158 g/mol. The van der Waals surface area contributed by atoms with Gasteiger partial charge < -0.3 is 4.74 Å². The molecule has 0 radical (unpaired) electrons. The first-order valence-corrected chi connectivity index (χ1v) is 4.00. The van der Waals surface area contributed by atoms with E-state index in [1.807, 2.05) is 30.4 Å². The first-order chi connectivity index (χ1) is 5.97. The van der Waals surface area contributed by atoms with E-state index < -0.39 is 0 Å². The van der Waals surface area contributed by atoms with Crippen LogP contribution in [0.4, 0.5) is 0 Å². The van der Waals surface area contributed by atoms with Gasteiger partial charge in [0.15, 0.2) is 0 Å². The number of hydrogen-bond donors (Lipinski definition) is 0. The molecule has 0 aromatic carbocycles. The molecule has 12 heavy (non-hydrogen) atoms. The summed E-state index contributed by atoms with van der Waals surface area (Å²) in [5.41, 5.74) is 2.34. The highest BCUT2D eigenvalue weighted by atomic mass is 16.5. The Morgan fingerprint density at radius 3 is 3.00 bits per heavy atom. The van der Waals surface area contributed by atoms with Gasteiger partial charge in [0, 0.05) is 5.57 Å².